The molecule has 0 radical (unpaired) electrons. The summed E-state index contributed by atoms with van der Waals surface area (Å²) in [5.41, 5.74) is 3.07. The first-order valence-electron chi connectivity index (χ1n) is 10.1. The largest absolute Gasteiger partial charge is 0.388 e. The molecule has 4 nitrogen and oxygen atoms in total. The van der Waals surface area contributed by atoms with Crippen molar-refractivity contribution in [2.45, 2.75) is 19.4 Å². The molecule has 1 N–H and O–H groups in total. The number of quaternary nitrogens is 2. The molecule has 2 aromatic rings. The number of benzene rings is 2. The minimum absolute atomic E-state index is 0.183. The molecule has 0 bridgehead atoms. The smallest absolute Gasteiger partial charge is 0.216 e. The van der Waals surface area contributed by atoms with Crippen LogP contribution in [0.4, 0.5) is 0 Å². The molecule has 1 unspecified atom stereocenters. The van der Waals surface area contributed by atoms with E-state index in [1.54, 1.807) is 0 Å². The topological polar surface area (TPSA) is 37.3 Å². The van der Waals surface area contributed by atoms with Gasteiger partial charge < -0.3 is 14.1 Å². The SMILES string of the molecule is CC(O)C[N+](C)(C)CCC[N+](C)(C)CC(=O)c1ccc(-c2ccccc2)cc1. The fraction of sp³-hybridized carbons (Fsp3) is 0.458. The van der Waals surface area contributed by atoms with Gasteiger partial charge >= 0.3 is 0 Å². The lowest BCUT2D eigenvalue weighted by Gasteiger charge is -2.34. The van der Waals surface area contributed by atoms with Gasteiger partial charge in [0.2, 0.25) is 5.78 Å². The van der Waals surface area contributed by atoms with Crippen molar-refractivity contribution in [1.82, 2.24) is 0 Å². The molecule has 0 spiro atoms. The Balaban J connectivity index is 1.90. The molecule has 0 aliphatic heterocycles. The summed E-state index contributed by atoms with van der Waals surface area (Å²) in [6.07, 6.45) is 0.727. The predicted molar refractivity (Wildman–Crippen MR) is 116 cm³/mol. The van der Waals surface area contributed by atoms with Gasteiger partial charge in [0.15, 0.2) is 0 Å². The first-order chi connectivity index (χ1) is 13.1. The summed E-state index contributed by atoms with van der Waals surface area (Å²) in [4.78, 5) is 12.8. The zero-order valence-corrected chi connectivity index (χ0v) is 18.1. The van der Waals surface area contributed by atoms with Crippen LogP contribution in [0.1, 0.15) is 23.7 Å². The van der Waals surface area contributed by atoms with Gasteiger partial charge in [-0.15, -0.1) is 0 Å². The van der Waals surface area contributed by atoms with Crippen molar-refractivity contribution >= 4 is 5.78 Å². The summed E-state index contributed by atoms with van der Waals surface area (Å²) in [5.74, 6) is 0.183. The second kappa shape index (κ2) is 9.46. The van der Waals surface area contributed by atoms with E-state index in [2.05, 4.69) is 40.3 Å². The van der Waals surface area contributed by atoms with E-state index in [1.807, 2.05) is 49.4 Å². The maximum atomic E-state index is 12.8. The van der Waals surface area contributed by atoms with E-state index in [9.17, 15) is 9.90 Å². The van der Waals surface area contributed by atoms with Crippen molar-refractivity contribution < 1.29 is 18.9 Å². The zero-order valence-electron chi connectivity index (χ0n) is 18.1. The van der Waals surface area contributed by atoms with E-state index in [0.29, 0.717) is 11.0 Å². The minimum atomic E-state index is -0.294. The second-order valence-electron chi connectivity index (χ2n) is 9.23. The minimum Gasteiger partial charge on any atom is -0.388 e. The van der Waals surface area contributed by atoms with Crippen molar-refractivity contribution in [3.8, 4) is 11.1 Å². The normalized spacial score (nSPS) is 13.4. The Morgan fingerprint density at radius 3 is 1.96 bits per heavy atom. The molecule has 28 heavy (non-hydrogen) atoms. The molecule has 2 aromatic carbocycles. The van der Waals surface area contributed by atoms with E-state index in [-0.39, 0.29) is 11.9 Å². The van der Waals surface area contributed by atoms with Crippen LogP contribution in [0.15, 0.2) is 54.6 Å². The third-order valence-electron chi connectivity index (χ3n) is 5.17. The van der Waals surface area contributed by atoms with Crippen molar-refractivity contribution in [3.63, 3.8) is 0 Å². The second-order valence-corrected chi connectivity index (χ2v) is 9.23. The van der Waals surface area contributed by atoms with Crippen molar-refractivity contribution in [1.29, 1.82) is 0 Å². The first kappa shape index (κ1) is 22.3. The summed E-state index contributed by atoms with van der Waals surface area (Å²) < 4.78 is 1.47. The molecule has 0 aliphatic rings. The number of Topliss-reactive ketones (excluding diaryl/α,β-unsaturated/α-hetero) is 1. The van der Waals surface area contributed by atoms with Crippen LogP contribution in [0, 0.1) is 0 Å². The lowest BCUT2D eigenvalue weighted by molar-refractivity contribution is -0.907. The number of nitrogens with zero attached hydrogens (tertiary/aromatic N) is 2. The van der Waals surface area contributed by atoms with Crippen LogP contribution < -0.4 is 0 Å². The Bertz CT molecular complexity index is 750. The maximum Gasteiger partial charge on any atom is 0.216 e. The molecule has 0 fully saturated rings. The number of carbonyl (C=O) groups excluding carboxylic acids is 1. The van der Waals surface area contributed by atoms with Gasteiger partial charge in [0, 0.05) is 12.0 Å². The highest BCUT2D eigenvalue weighted by molar-refractivity contribution is 5.97. The van der Waals surface area contributed by atoms with Gasteiger partial charge in [0.05, 0.1) is 41.3 Å². The van der Waals surface area contributed by atoms with E-state index >= 15 is 0 Å². The van der Waals surface area contributed by atoms with E-state index in [0.717, 1.165) is 47.2 Å². The van der Waals surface area contributed by atoms with Crippen molar-refractivity contribution in [2.75, 3.05) is 54.4 Å². The van der Waals surface area contributed by atoms with Crippen molar-refractivity contribution in [2.24, 2.45) is 0 Å². The van der Waals surface area contributed by atoms with Gasteiger partial charge in [-0.05, 0) is 18.1 Å². The van der Waals surface area contributed by atoms with Crippen LogP contribution in [0.25, 0.3) is 11.1 Å². The number of aliphatic hydroxyl groups is 1. The zero-order chi connectivity index (χ0) is 20.8. The Kier molecular flexibility index (Phi) is 7.53. The van der Waals surface area contributed by atoms with Crippen LogP contribution in [0.3, 0.4) is 0 Å². The molecule has 0 aliphatic carbocycles. The average molecular weight is 385 g/mol. The molecule has 0 aromatic heterocycles. The average Bonchev–Trinajstić information content (AvgIpc) is 2.60. The van der Waals surface area contributed by atoms with Gasteiger partial charge in [-0.2, -0.15) is 0 Å². The summed E-state index contributed by atoms with van der Waals surface area (Å²) in [6.45, 7) is 5.01. The molecule has 0 heterocycles. The highest BCUT2D eigenvalue weighted by Crippen LogP contribution is 2.19. The predicted octanol–water partition coefficient (Wildman–Crippen LogP) is 3.46. The summed E-state index contributed by atoms with van der Waals surface area (Å²) in [7, 11) is 8.52. The fourth-order valence-corrected chi connectivity index (χ4v) is 3.77. The van der Waals surface area contributed by atoms with Crippen LogP contribution in [0.5, 0.6) is 0 Å². The Labute approximate surface area is 170 Å². The van der Waals surface area contributed by atoms with Crippen molar-refractivity contribution in [3.05, 3.63) is 60.2 Å². The van der Waals surface area contributed by atoms with Gasteiger partial charge in [-0.25, -0.2) is 0 Å². The van der Waals surface area contributed by atoms with Crippen LogP contribution in [-0.2, 0) is 0 Å². The highest BCUT2D eigenvalue weighted by Gasteiger charge is 2.24. The summed E-state index contributed by atoms with van der Waals surface area (Å²) >= 11 is 0. The van der Waals surface area contributed by atoms with Gasteiger partial charge in [-0.1, -0.05) is 54.6 Å². The molecular formula is C24H36N2O2+2. The molecule has 2 rings (SSSR count). The third kappa shape index (κ3) is 7.19. The fourth-order valence-electron chi connectivity index (χ4n) is 3.77. The number of hydrogen-bond donors (Lipinski definition) is 1. The lowest BCUT2D eigenvalue weighted by atomic mass is 10.0. The lowest BCUT2D eigenvalue weighted by Crippen LogP contribution is -2.49. The number of carbonyl (C=O) groups is 1. The number of ketones is 1. The Morgan fingerprint density at radius 2 is 1.39 bits per heavy atom. The molecule has 0 saturated carbocycles. The molecule has 0 amide bonds. The molecule has 0 saturated heterocycles. The van der Waals surface area contributed by atoms with E-state index in [4.69, 9.17) is 0 Å². The molecule has 152 valence electrons. The number of rotatable bonds is 10. The van der Waals surface area contributed by atoms with Gasteiger partial charge in [-0.3, -0.25) is 4.79 Å². The highest BCUT2D eigenvalue weighted by atomic mass is 16.3. The monoisotopic (exact) mass is 384 g/mol. The van der Waals surface area contributed by atoms with Crippen LogP contribution >= 0.6 is 0 Å². The van der Waals surface area contributed by atoms with Gasteiger partial charge in [0.1, 0.15) is 19.2 Å². The maximum absolute atomic E-state index is 12.8. The first-order valence-corrected chi connectivity index (χ1v) is 10.1. The Hall–Kier alpha value is -2.01. The van der Waals surface area contributed by atoms with E-state index in [1.165, 1.54) is 0 Å². The number of hydrogen-bond acceptors (Lipinski definition) is 2. The molecule has 4 heteroatoms. The Morgan fingerprint density at radius 1 is 0.857 bits per heavy atom. The summed E-state index contributed by atoms with van der Waals surface area (Å²) in [5, 5.41) is 9.62. The number of aliphatic hydroxyl groups excluding tert-OH is 1. The van der Waals surface area contributed by atoms with Crippen LogP contribution in [-0.4, -0.2) is 80.3 Å². The van der Waals surface area contributed by atoms with Crippen LogP contribution in [0.2, 0.25) is 0 Å². The van der Waals surface area contributed by atoms with E-state index < -0.39 is 0 Å². The quantitative estimate of drug-likeness (QED) is 0.503. The molecular weight excluding hydrogens is 348 g/mol. The standard InChI is InChI=1S/C24H36N2O2/c1-20(27)18-25(2,3)16-9-17-26(4,5)19-24(28)23-14-12-22(13-15-23)21-10-7-6-8-11-21/h6-8,10-15,20,27H,9,16-19H2,1-5H3/q+2. The number of likely N-dealkylation sites (N-methyl/N-ethyl adjacent to an activating group) is 2. The van der Waals surface area contributed by atoms with Gasteiger partial charge in [0.25, 0.3) is 0 Å². The molecule has 1 atom stereocenters. The summed E-state index contributed by atoms with van der Waals surface area (Å²) in [6, 6.07) is 18.1. The third-order valence-corrected chi connectivity index (χ3v) is 5.17.